The van der Waals surface area contributed by atoms with E-state index in [9.17, 15) is 0 Å². The first-order valence-corrected chi connectivity index (χ1v) is 7.29. The van der Waals surface area contributed by atoms with Gasteiger partial charge in [0.1, 0.15) is 22.9 Å². The van der Waals surface area contributed by atoms with Crippen LogP contribution in [0.2, 0.25) is 0 Å². The highest BCUT2D eigenvalue weighted by Crippen LogP contribution is 2.46. The minimum atomic E-state index is 0.575. The summed E-state index contributed by atoms with van der Waals surface area (Å²) < 4.78 is 19.1. The average molecular weight is 311 g/mol. The number of aromatic nitrogens is 2. The number of benzene rings is 1. The molecule has 6 heteroatoms. The van der Waals surface area contributed by atoms with E-state index in [1.807, 2.05) is 33.0 Å². The second kappa shape index (κ2) is 4.55. The molecule has 4 rings (SSSR count). The van der Waals surface area contributed by atoms with E-state index in [1.165, 1.54) is 0 Å². The third kappa shape index (κ3) is 1.78. The van der Waals surface area contributed by atoms with Crippen molar-refractivity contribution >= 4 is 27.8 Å². The third-order valence-electron chi connectivity index (χ3n) is 4.12. The summed E-state index contributed by atoms with van der Waals surface area (Å²) in [6.45, 7) is 3.81. The van der Waals surface area contributed by atoms with Gasteiger partial charge in [0.05, 0.1) is 18.7 Å². The van der Waals surface area contributed by atoms with Gasteiger partial charge >= 0.3 is 0 Å². The number of hydrogen-bond acceptors (Lipinski definition) is 5. The molecular formula is C17H17N3O3. The fourth-order valence-corrected chi connectivity index (χ4v) is 3.09. The Morgan fingerprint density at radius 1 is 1.09 bits per heavy atom. The largest absolute Gasteiger partial charge is 0.492 e. The highest BCUT2D eigenvalue weighted by Gasteiger charge is 2.24. The van der Waals surface area contributed by atoms with Crippen LogP contribution in [-0.2, 0) is 7.05 Å². The summed E-state index contributed by atoms with van der Waals surface area (Å²) in [5.41, 5.74) is 9.32. The van der Waals surface area contributed by atoms with Crippen LogP contribution in [0.4, 0.5) is 5.82 Å². The van der Waals surface area contributed by atoms with Crippen LogP contribution in [0, 0.1) is 13.8 Å². The van der Waals surface area contributed by atoms with Crippen molar-refractivity contribution < 1.29 is 13.6 Å². The van der Waals surface area contributed by atoms with Crippen LogP contribution < -0.4 is 10.5 Å². The molecule has 0 radical (unpaired) electrons. The van der Waals surface area contributed by atoms with Crippen LogP contribution in [0.3, 0.4) is 0 Å². The number of ether oxygens (including phenoxy) is 1. The van der Waals surface area contributed by atoms with Gasteiger partial charge in [-0.15, -0.1) is 0 Å². The number of hydrogen-bond donors (Lipinski definition) is 1. The molecule has 0 unspecified atom stereocenters. The predicted octanol–water partition coefficient (Wildman–Crippen LogP) is 3.79. The number of furan rings is 2. The first-order chi connectivity index (χ1) is 11.0. The Labute approximate surface area is 132 Å². The van der Waals surface area contributed by atoms with Gasteiger partial charge in [0, 0.05) is 23.6 Å². The van der Waals surface area contributed by atoms with E-state index in [0.717, 1.165) is 39.0 Å². The zero-order valence-electron chi connectivity index (χ0n) is 13.4. The molecule has 0 saturated heterocycles. The Balaban J connectivity index is 2.26. The van der Waals surface area contributed by atoms with E-state index < -0.39 is 0 Å². The Morgan fingerprint density at radius 2 is 1.74 bits per heavy atom. The molecule has 0 saturated carbocycles. The second-order valence-electron chi connectivity index (χ2n) is 5.68. The smallest absolute Gasteiger partial charge is 0.177 e. The highest BCUT2D eigenvalue weighted by atomic mass is 16.5. The molecule has 4 aromatic rings. The van der Waals surface area contributed by atoms with E-state index in [4.69, 9.17) is 19.3 Å². The summed E-state index contributed by atoms with van der Waals surface area (Å²) in [5.74, 6) is 2.84. The summed E-state index contributed by atoms with van der Waals surface area (Å²) in [5, 5.41) is 6.02. The van der Waals surface area contributed by atoms with Gasteiger partial charge in [-0.25, -0.2) is 0 Å². The van der Waals surface area contributed by atoms with E-state index in [0.29, 0.717) is 17.2 Å². The monoisotopic (exact) mass is 311 g/mol. The lowest BCUT2D eigenvalue weighted by Crippen LogP contribution is -1.98. The molecule has 0 fully saturated rings. The van der Waals surface area contributed by atoms with Gasteiger partial charge in [-0.05, 0) is 26.0 Å². The van der Waals surface area contributed by atoms with Crippen molar-refractivity contribution in [1.29, 1.82) is 0 Å². The van der Waals surface area contributed by atoms with E-state index in [1.54, 1.807) is 18.0 Å². The van der Waals surface area contributed by atoms with Gasteiger partial charge in [0.15, 0.2) is 11.3 Å². The topological polar surface area (TPSA) is 79.4 Å². The zero-order chi connectivity index (χ0) is 16.3. The highest BCUT2D eigenvalue weighted by molar-refractivity contribution is 6.14. The van der Waals surface area contributed by atoms with E-state index in [2.05, 4.69) is 5.10 Å². The molecule has 23 heavy (non-hydrogen) atoms. The molecule has 0 aliphatic carbocycles. The SMILES string of the molecule is COc1c2cc(C)oc2c(-c2cnn(C)c2N)c2cc(C)oc12. The first-order valence-electron chi connectivity index (χ1n) is 7.29. The van der Waals surface area contributed by atoms with Crippen molar-refractivity contribution in [3.05, 3.63) is 29.9 Å². The number of nitrogens with two attached hydrogens (primary N) is 1. The average Bonchev–Trinajstić information content (AvgIpc) is 3.16. The lowest BCUT2D eigenvalue weighted by atomic mass is 10.0. The molecule has 3 heterocycles. The van der Waals surface area contributed by atoms with Crippen LogP contribution in [0.1, 0.15) is 11.5 Å². The Hall–Kier alpha value is -2.89. The molecule has 1 aromatic carbocycles. The summed E-state index contributed by atoms with van der Waals surface area (Å²) in [6, 6.07) is 3.92. The fourth-order valence-electron chi connectivity index (χ4n) is 3.09. The Bertz CT molecular complexity index is 995. The number of anilines is 1. The molecular weight excluding hydrogens is 294 g/mol. The first kappa shape index (κ1) is 13.8. The number of nitrogen functional groups attached to an aromatic ring is 1. The lowest BCUT2D eigenvalue weighted by Gasteiger charge is -2.08. The van der Waals surface area contributed by atoms with Crippen molar-refractivity contribution in [3.63, 3.8) is 0 Å². The van der Waals surface area contributed by atoms with Gasteiger partial charge in [0.2, 0.25) is 0 Å². The number of rotatable bonds is 2. The Morgan fingerprint density at radius 3 is 2.35 bits per heavy atom. The minimum absolute atomic E-state index is 0.575. The molecule has 0 spiro atoms. The van der Waals surface area contributed by atoms with Crippen molar-refractivity contribution in [2.24, 2.45) is 7.05 Å². The molecule has 0 bridgehead atoms. The molecule has 0 aliphatic heterocycles. The molecule has 0 amide bonds. The quantitative estimate of drug-likeness (QED) is 0.609. The van der Waals surface area contributed by atoms with E-state index in [-0.39, 0.29) is 0 Å². The third-order valence-corrected chi connectivity index (χ3v) is 4.12. The minimum Gasteiger partial charge on any atom is -0.492 e. The van der Waals surface area contributed by atoms with Crippen molar-refractivity contribution in [2.75, 3.05) is 12.8 Å². The second-order valence-corrected chi connectivity index (χ2v) is 5.68. The standard InChI is InChI=1S/C17H17N3O3/c1-8-5-10-13(12-7-19-20(3)17(12)18)14-11(6-9(2)22-14)15(21-4)16(10)23-8/h5-7H,18H2,1-4H3. The van der Waals surface area contributed by atoms with Crippen molar-refractivity contribution in [1.82, 2.24) is 9.78 Å². The molecule has 6 nitrogen and oxygen atoms in total. The molecule has 3 aromatic heterocycles. The van der Waals surface area contributed by atoms with Gasteiger partial charge in [-0.3, -0.25) is 4.68 Å². The van der Waals surface area contributed by atoms with Gasteiger partial charge in [0.25, 0.3) is 0 Å². The molecule has 0 atom stereocenters. The number of methoxy groups -OCH3 is 1. The summed E-state index contributed by atoms with van der Waals surface area (Å²) >= 11 is 0. The van der Waals surface area contributed by atoms with Gasteiger partial charge in [-0.1, -0.05) is 0 Å². The number of nitrogens with zero attached hydrogens (tertiary/aromatic N) is 2. The predicted molar refractivity (Wildman–Crippen MR) is 88.6 cm³/mol. The maximum absolute atomic E-state index is 6.20. The fraction of sp³-hybridized carbons (Fsp3) is 0.235. The van der Waals surface area contributed by atoms with Crippen LogP contribution >= 0.6 is 0 Å². The molecule has 2 N–H and O–H groups in total. The van der Waals surface area contributed by atoms with Crippen LogP contribution in [0.5, 0.6) is 5.75 Å². The lowest BCUT2D eigenvalue weighted by molar-refractivity contribution is 0.413. The normalized spacial score (nSPS) is 11.7. The van der Waals surface area contributed by atoms with Gasteiger partial charge in [-0.2, -0.15) is 5.10 Å². The summed E-state index contributed by atoms with van der Waals surface area (Å²) in [6.07, 6.45) is 1.75. The number of fused-ring (bicyclic) bond motifs is 2. The summed E-state index contributed by atoms with van der Waals surface area (Å²) in [4.78, 5) is 0. The molecule has 118 valence electrons. The number of aryl methyl sites for hydroxylation is 3. The maximum Gasteiger partial charge on any atom is 0.177 e. The van der Waals surface area contributed by atoms with Gasteiger partial charge < -0.3 is 19.3 Å². The van der Waals surface area contributed by atoms with Crippen molar-refractivity contribution in [2.45, 2.75) is 13.8 Å². The van der Waals surface area contributed by atoms with Crippen LogP contribution in [-0.4, -0.2) is 16.9 Å². The Kier molecular flexibility index (Phi) is 2.72. The van der Waals surface area contributed by atoms with Crippen molar-refractivity contribution in [3.8, 4) is 16.9 Å². The van der Waals surface area contributed by atoms with E-state index >= 15 is 0 Å². The molecule has 0 aliphatic rings. The summed E-state index contributed by atoms with van der Waals surface area (Å²) in [7, 11) is 3.44. The maximum atomic E-state index is 6.20. The van der Waals surface area contributed by atoms with Crippen LogP contribution in [0.15, 0.2) is 27.2 Å². The van der Waals surface area contributed by atoms with Crippen LogP contribution in [0.25, 0.3) is 33.1 Å². The zero-order valence-corrected chi connectivity index (χ0v) is 13.4.